The van der Waals surface area contributed by atoms with Crippen LogP contribution >= 0.6 is 27.3 Å². The number of aryl methyl sites for hydroxylation is 2. The summed E-state index contributed by atoms with van der Waals surface area (Å²) in [5.74, 6) is -0.0587. The highest BCUT2D eigenvalue weighted by molar-refractivity contribution is 9.10. The molecule has 0 atom stereocenters. The molecule has 1 heterocycles. The van der Waals surface area contributed by atoms with Crippen molar-refractivity contribution in [3.8, 4) is 0 Å². The molecule has 0 bridgehead atoms. The SMILES string of the molecule is Cc1ncc(CNC(=O)c2ccc(Br)c(C)c2)s1. The minimum absolute atomic E-state index is 0.0587. The summed E-state index contributed by atoms with van der Waals surface area (Å²) in [7, 11) is 0. The summed E-state index contributed by atoms with van der Waals surface area (Å²) in [6, 6.07) is 5.57. The number of amides is 1. The Hall–Kier alpha value is -1.20. The Morgan fingerprint density at radius 3 is 2.83 bits per heavy atom. The third kappa shape index (κ3) is 3.17. The molecular formula is C13H13BrN2OS. The molecule has 0 unspecified atom stereocenters. The lowest BCUT2D eigenvalue weighted by Gasteiger charge is -2.05. The zero-order chi connectivity index (χ0) is 13.1. The predicted molar refractivity (Wildman–Crippen MR) is 76.9 cm³/mol. The number of carbonyl (C=O) groups excluding carboxylic acids is 1. The van der Waals surface area contributed by atoms with Crippen molar-refractivity contribution in [1.29, 1.82) is 0 Å². The van der Waals surface area contributed by atoms with Gasteiger partial charge in [-0.3, -0.25) is 4.79 Å². The van der Waals surface area contributed by atoms with E-state index in [1.807, 2.05) is 32.0 Å². The number of hydrogen-bond acceptors (Lipinski definition) is 3. The number of thiazole rings is 1. The summed E-state index contributed by atoms with van der Waals surface area (Å²) in [4.78, 5) is 17.2. The van der Waals surface area contributed by atoms with Gasteiger partial charge >= 0.3 is 0 Å². The second-order valence-electron chi connectivity index (χ2n) is 3.99. The number of hydrogen-bond donors (Lipinski definition) is 1. The van der Waals surface area contributed by atoms with Crippen LogP contribution in [0.3, 0.4) is 0 Å². The maximum atomic E-state index is 11.9. The lowest BCUT2D eigenvalue weighted by molar-refractivity contribution is 0.0951. The van der Waals surface area contributed by atoms with Gasteiger partial charge in [-0.15, -0.1) is 11.3 Å². The maximum absolute atomic E-state index is 11.9. The molecule has 0 saturated heterocycles. The molecule has 0 aliphatic rings. The number of benzene rings is 1. The first-order chi connectivity index (χ1) is 8.56. The summed E-state index contributed by atoms with van der Waals surface area (Å²) in [6.07, 6.45) is 1.80. The topological polar surface area (TPSA) is 42.0 Å². The molecule has 2 rings (SSSR count). The number of aromatic nitrogens is 1. The molecule has 2 aromatic rings. The van der Waals surface area contributed by atoms with Gasteiger partial charge in [-0.05, 0) is 37.6 Å². The van der Waals surface area contributed by atoms with Gasteiger partial charge in [0, 0.05) is 21.1 Å². The van der Waals surface area contributed by atoms with Gasteiger partial charge < -0.3 is 5.32 Å². The van der Waals surface area contributed by atoms with E-state index in [1.165, 1.54) is 0 Å². The summed E-state index contributed by atoms with van der Waals surface area (Å²) in [5.41, 5.74) is 1.73. The van der Waals surface area contributed by atoms with Crippen LogP contribution in [0.25, 0.3) is 0 Å². The summed E-state index contributed by atoms with van der Waals surface area (Å²) in [6.45, 7) is 4.45. The number of rotatable bonds is 3. The van der Waals surface area contributed by atoms with Crippen molar-refractivity contribution in [2.75, 3.05) is 0 Å². The third-order valence-electron chi connectivity index (χ3n) is 2.51. The smallest absolute Gasteiger partial charge is 0.251 e. The van der Waals surface area contributed by atoms with E-state index in [9.17, 15) is 4.79 Å². The van der Waals surface area contributed by atoms with Crippen molar-refractivity contribution in [1.82, 2.24) is 10.3 Å². The molecule has 0 radical (unpaired) electrons. The molecule has 1 aromatic carbocycles. The van der Waals surface area contributed by atoms with E-state index in [4.69, 9.17) is 0 Å². The van der Waals surface area contributed by atoms with Gasteiger partial charge in [0.15, 0.2) is 0 Å². The standard InChI is InChI=1S/C13H13BrN2OS/c1-8-5-10(3-4-12(8)14)13(17)16-7-11-6-15-9(2)18-11/h3-6H,7H2,1-2H3,(H,16,17). The van der Waals surface area contributed by atoms with Gasteiger partial charge in [0.25, 0.3) is 5.91 Å². The van der Waals surface area contributed by atoms with Crippen molar-refractivity contribution >= 4 is 33.2 Å². The monoisotopic (exact) mass is 324 g/mol. The minimum atomic E-state index is -0.0587. The predicted octanol–water partition coefficient (Wildman–Crippen LogP) is 3.45. The highest BCUT2D eigenvalue weighted by Crippen LogP contribution is 2.17. The highest BCUT2D eigenvalue weighted by atomic mass is 79.9. The van der Waals surface area contributed by atoms with Crippen LogP contribution in [0, 0.1) is 13.8 Å². The van der Waals surface area contributed by atoms with Gasteiger partial charge in [-0.25, -0.2) is 4.98 Å². The van der Waals surface area contributed by atoms with Gasteiger partial charge in [0.1, 0.15) is 0 Å². The molecule has 1 aromatic heterocycles. The van der Waals surface area contributed by atoms with Gasteiger partial charge in [0.2, 0.25) is 0 Å². The molecule has 5 heteroatoms. The minimum Gasteiger partial charge on any atom is -0.347 e. The van der Waals surface area contributed by atoms with Crippen LogP contribution < -0.4 is 5.32 Å². The van der Waals surface area contributed by atoms with E-state index >= 15 is 0 Å². The first-order valence-electron chi connectivity index (χ1n) is 5.52. The van der Waals surface area contributed by atoms with E-state index < -0.39 is 0 Å². The van der Waals surface area contributed by atoms with Crippen LogP contribution in [0.1, 0.15) is 25.8 Å². The molecule has 0 aliphatic heterocycles. The molecule has 0 spiro atoms. The van der Waals surface area contributed by atoms with Crippen LogP contribution in [0.15, 0.2) is 28.9 Å². The van der Waals surface area contributed by atoms with Gasteiger partial charge in [-0.2, -0.15) is 0 Å². The van der Waals surface area contributed by atoms with Crippen LogP contribution in [0.4, 0.5) is 0 Å². The fourth-order valence-corrected chi connectivity index (χ4v) is 2.52. The summed E-state index contributed by atoms with van der Waals surface area (Å²) < 4.78 is 1.01. The quantitative estimate of drug-likeness (QED) is 0.939. The molecular weight excluding hydrogens is 312 g/mol. The van der Waals surface area contributed by atoms with E-state index in [-0.39, 0.29) is 5.91 Å². The Bertz CT molecular complexity index is 580. The van der Waals surface area contributed by atoms with Gasteiger partial charge in [0.05, 0.1) is 11.6 Å². The Balaban J connectivity index is 2.01. The first kappa shape index (κ1) is 13.2. The number of halogens is 1. The lowest BCUT2D eigenvalue weighted by Crippen LogP contribution is -2.22. The largest absolute Gasteiger partial charge is 0.347 e. The normalized spacial score (nSPS) is 10.4. The third-order valence-corrected chi connectivity index (χ3v) is 4.31. The fraction of sp³-hybridized carbons (Fsp3) is 0.231. The molecule has 0 fully saturated rings. The van der Waals surface area contributed by atoms with Crippen molar-refractivity contribution in [2.45, 2.75) is 20.4 Å². The van der Waals surface area contributed by atoms with E-state index in [0.717, 1.165) is 19.9 Å². The number of nitrogens with one attached hydrogen (secondary N) is 1. The summed E-state index contributed by atoms with van der Waals surface area (Å²) in [5, 5.41) is 3.90. The van der Waals surface area contributed by atoms with Crippen molar-refractivity contribution < 1.29 is 4.79 Å². The molecule has 1 N–H and O–H groups in total. The number of carbonyl (C=O) groups is 1. The Kier molecular flexibility index (Phi) is 4.14. The second-order valence-corrected chi connectivity index (χ2v) is 6.17. The first-order valence-corrected chi connectivity index (χ1v) is 7.13. The lowest BCUT2D eigenvalue weighted by atomic mass is 10.1. The average Bonchev–Trinajstić information content (AvgIpc) is 2.75. The molecule has 18 heavy (non-hydrogen) atoms. The zero-order valence-electron chi connectivity index (χ0n) is 10.2. The molecule has 94 valence electrons. The fourth-order valence-electron chi connectivity index (χ4n) is 1.54. The van der Waals surface area contributed by atoms with Crippen LogP contribution in [0.5, 0.6) is 0 Å². The molecule has 0 saturated carbocycles. The van der Waals surface area contributed by atoms with Crippen molar-refractivity contribution in [3.63, 3.8) is 0 Å². The van der Waals surface area contributed by atoms with Crippen molar-refractivity contribution in [2.24, 2.45) is 0 Å². The van der Waals surface area contributed by atoms with Crippen molar-refractivity contribution in [3.05, 3.63) is 49.9 Å². The van der Waals surface area contributed by atoms with E-state index in [1.54, 1.807) is 17.5 Å². The zero-order valence-corrected chi connectivity index (χ0v) is 12.6. The van der Waals surface area contributed by atoms with Crippen LogP contribution in [-0.2, 0) is 6.54 Å². The molecule has 3 nitrogen and oxygen atoms in total. The maximum Gasteiger partial charge on any atom is 0.251 e. The van der Waals surface area contributed by atoms with E-state index in [0.29, 0.717) is 12.1 Å². The Labute approximate surface area is 118 Å². The Morgan fingerprint density at radius 1 is 1.44 bits per heavy atom. The van der Waals surface area contributed by atoms with Crippen LogP contribution in [-0.4, -0.2) is 10.9 Å². The van der Waals surface area contributed by atoms with Gasteiger partial charge in [-0.1, -0.05) is 15.9 Å². The second kappa shape index (κ2) is 5.63. The average molecular weight is 325 g/mol. The van der Waals surface area contributed by atoms with E-state index in [2.05, 4.69) is 26.2 Å². The summed E-state index contributed by atoms with van der Waals surface area (Å²) >= 11 is 5.02. The van der Waals surface area contributed by atoms with Crippen LogP contribution in [0.2, 0.25) is 0 Å². The highest BCUT2D eigenvalue weighted by Gasteiger charge is 2.07. The molecule has 1 amide bonds. The number of nitrogens with zero attached hydrogens (tertiary/aromatic N) is 1. The Morgan fingerprint density at radius 2 is 2.22 bits per heavy atom. The molecule has 0 aliphatic carbocycles.